The molecule has 3 rings (SSSR count). The molecular weight excluding hydrogens is 266 g/mol. The minimum atomic E-state index is 1.06. The summed E-state index contributed by atoms with van der Waals surface area (Å²) in [6.45, 7) is 2.14. The van der Waals surface area contributed by atoms with Crippen molar-refractivity contribution in [2.24, 2.45) is 0 Å². The molecule has 0 aliphatic rings. The summed E-state index contributed by atoms with van der Waals surface area (Å²) in [5.74, 6) is 0. The lowest BCUT2D eigenvalue weighted by molar-refractivity contribution is 0.648. The molecule has 0 atom stereocenters. The van der Waals surface area contributed by atoms with Crippen LogP contribution in [0, 0.1) is 0 Å². The molecule has 0 radical (unpaired) electrons. The van der Waals surface area contributed by atoms with E-state index in [0.29, 0.717) is 0 Å². The Balaban J connectivity index is 1.39. The van der Waals surface area contributed by atoms with Gasteiger partial charge in [-0.3, -0.25) is 0 Å². The van der Waals surface area contributed by atoms with E-state index in [1.54, 1.807) is 0 Å². The summed E-state index contributed by atoms with van der Waals surface area (Å²) < 4.78 is 0. The molecule has 22 heavy (non-hydrogen) atoms. The van der Waals surface area contributed by atoms with Gasteiger partial charge in [-0.2, -0.15) is 0 Å². The first-order valence-corrected chi connectivity index (χ1v) is 8.14. The third kappa shape index (κ3) is 4.19. The Hall–Kier alpha value is -2.12. The highest BCUT2D eigenvalue weighted by Gasteiger charge is 1.97. The van der Waals surface area contributed by atoms with Crippen LogP contribution in [-0.4, -0.2) is 13.1 Å². The van der Waals surface area contributed by atoms with E-state index in [9.17, 15) is 0 Å². The molecule has 1 heteroatoms. The zero-order valence-electron chi connectivity index (χ0n) is 13.0. The Labute approximate surface area is 133 Å². The maximum atomic E-state index is 3.54. The number of aryl methyl sites for hydroxylation is 1. The van der Waals surface area contributed by atoms with Crippen molar-refractivity contribution in [3.05, 3.63) is 83.9 Å². The predicted molar refractivity (Wildman–Crippen MR) is 95.3 cm³/mol. The lowest BCUT2D eigenvalue weighted by Gasteiger charge is -2.06. The first-order chi connectivity index (χ1) is 10.9. The molecule has 112 valence electrons. The first kappa shape index (κ1) is 14.8. The van der Waals surface area contributed by atoms with Crippen molar-refractivity contribution in [2.75, 3.05) is 13.1 Å². The molecule has 0 spiro atoms. The van der Waals surface area contributed by atoms with Gasteiger partial charge in [-0.25, -0.2) is 0 Å². The second-order valence-electron chi connectivity index (χ2n) is 5.77. The summed E-state index contributed by atoms with van der Waals surface area (Å²) in [6, 6.07) is 26.0. The molecule has 0 aliphatic carbocycles. The molecule has 1 N–H and O–H groups in total. The van der Waals surface area contributed by atoms with Crippen molar-refractivity contribution in [2.45, 2.75) is 19.3 Å². The van der Waals surface area contributed by atoms with Gasteiger partial charge in [-0.1, -0.05) is 72.8 Å². The van der Waals surface area contributed by atoms with Crippen LogP contribution in [0.5, 0.6) is 0 Å². The molecule has 0 amide bonds. The molecule has 0 saturated heterocycles. The van der Waals surface area contributed by atoms with Crippen molar-refractivity contribution >= 4 is 10.8 Å². The summed E-state index contributed by atoms with van der Waals surface area (Å²) in [6.07, 6.45) is 3.44. The molecule has 0 saturated carbocycles. The van der Waals surface area contributed by atoms with Crippen LogP contribution in [0.25, 0.3) is 10.8 Å². The minimum Gasteiger partial charge on any atom is -0.316 e. The van der Waals surface area contributed by atoms with Crippen LogP contribution in [0.1, 0.15) is 17.5 Å². The van der Waals surface area contributed by atoms with E-state index in [1.807, 2.05) is 0 Å². The number of nitrogens with one attached hydrogen (secondary N) is 1. The molecule has 3 aromatic carbocycles. The van der Waals surface area contributed by atoms with Crippen molar-refractivity contribution in [1.82, 2.24) is 5.32 Å². The van der Waals surface area contributed by atoms with Crippen molar-refractivity contribution < 1.29 is 0 Å². The van der Waals surface area contributed by atoms with Crippen LogP contribution in [0.4, 0.5) is 0 Å². The number of hydrogen-bond donors (Lipinski definition) is 1. The second-order valence-corrected chi connectivity index (χ2v) is 5.77. The maximum absolute atomic E-state index is 3.54. The molecule has 0 aromatic heterocycles. The summed E-state index contributed by atoms with van der Waals surface area (Å²) in [5, 5.41) is 6.21. The lowest BCUT2D eigenvalue weighted by atomic mass is 10.0. The first-order valence-electron chi connectivity index (χ1n) is 8.14. The normalized spacial score (nSPS) is 10.9. The fourth-order valence-corrected chi connectivity index (χ4v) is 2.81. The van der Waals surface area contributed by atoms with Gasteiger partial charge in [0.15, 0.2) is 0 Å². The Bertz CT molecular complexity index is 703. The fraction of sp³-hybridized carbons (Fsp3) is 0.238. The molecule has 3 aromatic rings. The lowest BCUT2D eigenvalue weighted by Crippen LogP contribution is -2.18. The summed E-state index contributed by atoms with van der Waals surface area (Å²) >= 11 is 0. The van der Waals surface area contributed by atoms with Gasteiger partial charge in [-0.15, -0.1) is 0 Å². The van der Waals surface area contributed by atoms with Gasteiger partial charge in [0, 0.05) is 0 Å². The topological polar surface area (TPSA) is 12.0 Å². The minimum absolute atomic E-state index is 1.06. The summed E-state index contributed by atoms with van der Waals surface area (Å²) in [4.78, 5) is 0. The fourth-order valence-electron chi connectivity index (χ4n) is 2.81. The highest BCUT2D eigenvalue weighted by Crippen LogP contribution is 2.16. The van der Waals surface area contributed by atoms with Gasteiger partial charge >= 0.3 is 0 Å². The van der Waals surface area contributed by atoms with Crippen LogP contribution in [0.15, 0.2) is 72.8 Å². The van der Waals surface area contributed by atoms with Crippen LogP contribution < -0.4 is 5.32 Å². The third-order valence-corrected chi connectivity index (χ3v) is 4.07. The molecule has 0 bridgehead atoms. The van der Waals surface area contributed by atoms with E-state index in [2.05, 4.69) is 78.1 Å². The monoisotopic (exact) mass is 289 g/mol. The zero-order chi connectivity index (χ0) is 15.0. The van der Waals surface area contributed by atoms with Gasteiger partial charge in [0.2, 0.25) is 0 Å². The van der Waals surface area contributed by atoms with Crippen molar-refractivity contribution in [3.8, 4) is 0 Å². The molecule has 0 fully saturated rings. The molecular formula is C21H23N. The SMILES string of the molecule is c1ccc(CCNCCCc2ccc3ccccc3c2)cc1. The Morgan fingerprint density at radius 2 is 1.36 bits per heavy atom. The highest BCUT2D eigenvalue weighted by atomic mass is 14.8. The van der Waals surface area contributed by atoms with E-state index in [-0.39, 0.29) is 0 Å². The van der Waals surface area contributed by atoms with E-state index in [1.165, 1.54) is 28.3 Å². The second kappa shape index (κ2) is 7.77. The zero-order valence-corrected chi connectivity index (χ0v) is 13.0. The average Bonchev–Trinajstić information content (AvgIpc) is 2.59. The smallest absolute Gasteiger partial charge is 0.000835 e. The van der Waals surface area contributed by atoms with Crippen molar-refractivity contribution in [3.63, 3.8) is 0 Å². The molecule has 0 aliphatic heterocycles. The quantitative estimate of drug-likeness (QED) is 0.627. The maximum Gasteiger partial charge on any atom is -0.000835 e. The van der Waals surface area contributed by atoms with Gasteiger partial charge in [-0.05, 0) is 54.3 Å². The predicted octanol–water partition coefficient (Wildman–Crippen LogP) is 4.60. The standard InChI is InChI=1S/C21H23N/c1-2-7-18(8-3-1)14-16-22-15-6-9-19-12-13-20-10-4-5-11-21(20)17-19/h1-5,7-8,10-13,17,22H,6,9,14-16H2. The summed E-state index contributed by atoms with van der Waals surface area (Å²) in [5.41, 5.74) is 2.84. The molecule has 0 heterocycles. The number of rotatable bonds is 7. The van der Waals surface area contributed by atoms with E-state index < -0.39 is 0 Å². The average molecular weight is 289 g/mol. The van der Waals surface area contributed by atoms with Crippen LogP contribution in [0.2, 0.25) is 0 Å². The van der Waals surface area contributed by atoms with E-state index in [0.717, 1.165) is 25.9 Å². The molecule has 0 unspecified atom stereocenters. The van der Waals surface area contributed by atoms with Gasteiger partial charge in [0.1, 0.15) is 0 Å². The highest BCUT2D eigenvalue weighted by molar-refractivity contribution is 5.82. The largest absolute Gasteiger partial charge is 0.316 e. The van der Waals surface area contributed by atoms with E-state index in [4.69, 9.17) is 0 Å². The van der Waals surface area contributed by atoms with Gasteiger partial charge in [0.25, 0.3) is 0 Å². The summed E-state index contributed by atoms with van der Waals surface area (Å²) in [7, 11) is 0. The van der Waals surface area contributed by atoms with Crippen LogP contribution in [0.3, 0.4) is 0 Å². The number of benzene rings is 3. The Kier molecular flexibility index (Phi) is 5.22. The van der Waals surface area contributed by atoms with Crippen LogP contribution in [-0.2, 0) is 12.8 Å². The number of hydrogen-bond acceptors (Lipinski definition) is 1. The number of fused-ring (bicyclic) bond motifs is 1. The van der Waals surface area contributed by atoms with Crippen molar-refractivity contribution in [1.29, 1.82) is 0 Å². The Morgan fingerprint density at radius 3 is 2.23 bits per heavy atom. The van der Waals surface area contributed by atoms with E-state index >= 15 is 0 Å². The van der Waals surface area contributed by atoms with Gasteiger partial charge in [0.05, 0.1) is 0 Å². The van der Waals surface area contributed by atoms with Crippen LogP contribution >= 0.6 is 0 Å². The van der Waals surface area contributed by atoms with Gasteiger partial charge < -0.3 is 5.32 Å². The molecule has 1 nitrogen and oxygen atoms in total. The Morgan fingerprint density at radius 1 is 0.591 bits per heavy atom. The third-order valence-electron chi connectivity index (χ3n) is 4.07.